The highest BCUT2D eigenvalue weighted by atomic mass is 79.9. The zero-order chi connectivity index (χ0) is 11.6. The Morgan fingerprint density at radius 3 is 2.12 bits per heavy atom. The van der Waals surface area contributed by atoms with Gasteiger partial charge in [-0.15, -0.1) is 0 Å². The van der Waals surface area contributed by atoms with Gasteiger partial charge in [0.15, 0.2) is 0 Å². The van der Waals surface area contributed by atoms with Gasteiger partial charge in [-0.1, -0.05) is 15.9 Å². The third-order valence-corrected chi connectivity index (χ3v) is 2.74. The van der Waals surface area contributed by atoms with Gasteiger partial charge in [-0.05, 0) is 50.5 Å². The summed E-state index contributed by atoms with van der Waals surface area (Å²) in [6, 6.07) is 7.79. The highest BCUT2D eigenvalue weighted by molar-refractivity contribution is 9.09. The van der Waals surface area contributed by atoms with Crippen molar-refractivity contribution in [2.75, 3.05) is 18.5 Å². The van der Waals surface area contributed by atoms with Gasteiger partial charge in [0.25, 0.3) is 0 Å². The van der Waals surface area contributed by atoms with Crippen molar-refractivity contribution in [3.05, 3.63) is 24.3 Å². The van der Waals surface area contributed by atoms with Gasteiger partial charge >= 0.3 is 0 Å². The zero-order valence-corrected chi connectivity index (χ0v) is 11.3. The van der Waals surface area contributed by atoms with E-state index in [1.54, 1.807) is 0 Å². The van der Waals surface area contributed by atoms with Crippen LogP contribution in [0, 0.1) is 0 Å². The highest BCUT2D eigenvalue weighted by Crippen LogP contribution is 2.17. The lowest BCUT2D eigenvalue weighted by Crippen LogP contribution is -1.97. The normalized spacial score (nSPS) is 10.1. The van der Waals surface area contributed by atoms with Crippen LogP contribution in [0.5, 0.6) is 11.5 Å². The fourth-order valence-electron chi connectivity index (χ4n) is 1.36. The average molecular weight is 287 g/mol. The molecule has 16 heavy (non-hydrogen) atoms. The SMILES string of the molecule is CCOc1ccc(OCCCCCBr)cc1. The minimum atomic E-state index is 0.701. The highest BCUT2D eigenvalue weighted by Gasteiger charge is 1.95. The Bertz CT molecular complexity index is 272. The molecular formula is C13H19BrO2. The van der Waals surface area contributed by atoms with E-state index in [1.165, 1.54) is 12.8 Å². The summed E-state index contributed by atoms with van der Waals surface area (Å²) in [6.07, 6.45) is 3.54. The molecule has 3 heteroatoms. The summed E-state index contributed by atoms with van der Waals surface area (Å²) in [5.74, 6) is 1.82. The summed E-state index contributed by atoms with van der Waals surface area (Å²) in [4.78, 5) is 0. The van der Waals surface area contributed by atoms with Crippen molar-refractivity contribution in [3.8, 4) is 11.5 Å². The Hall–Kier alpha value is -0.700. The van der Waals surface area contributed by atoms with Crippen molar-refractivity contribution in [2.24, 2.45) is 0 Å². The monoisotopic (exact) mass is 286 g/mol. The van der Waals surface area contributed by atoms with Crippen LogP contribution in [0.3, 0.4) is 0 Å². The molecule has 1 aromatic rings. The van der Waals surface area contributed by atoms with E-state index in [-0.39, 0.29) is 0 Å². The molecule has 0 fully saturated rings. The average Bonchev–Trinajstić information content (AvgIpc) is 2.31. The standard InChI is InChI=1S/C13H19BrO2/c1-2-15-12-6-8-13(9-7-12)16-11-5-3-4-10-14/h6-9H,2-5,10-11H2,1H3. The van der Waals surface area contributed by atoms with Crippen molar-refractivity contribution in [3.63, 3.8) is 0 Å². The number of hydrogen-bond donors (Lipinski definition) is 0. The second-order valence-electron chi connectivity index (χ2n) is 3.50. The maximum Gasteiger partial charge on any atom is 0.119 e. The first-order valence-electron chi connectivity index (χ1n) is 5.78. The van der Waals surface area contributed by atoms with Crippen molar-refractivity contribution in [2.45, 2.75) is 26.2 Å². The number of rotatable bonds is 8. The number of ether oxygens (including phenoxy) is 2. The fourth-order valence-corrected chi connectivity index (χ4v) is 1.76. The maximum absolute atomic E-state index is 5.61. The molecule has 0 aliphatic rings. The third kappa shape index (κ3) is 5.40. The van der Waals surface area contributed by atoms with E-state index in [9.17, 15) is 0 Å². The molecule has 0 aliphatic heterocycles. The van der Waals surface area contributed by atoms with E-state index in [0.717, 1.165) is 29.9 Å². The number of benzene rings is 1. The summed E-state index contributed by atoms with van der Waals surface area (Å²) in [6.45, 7) is 3.47. The molecule has 0 amide bonds. The third-order valence-electron chi connectivity index (χ3n) is 2.18. The Morgan fingerprint density at radius 1 is 0.938 bits per heavy atom. The van der Waals surface area contributed by atoms with E-state index >= 15 is 0 Å². The molecule has 0 unspecified atom stereocenters. The van der Waals surface area contributed by atoms with E-state index in [2.05, 4.69) is 15.9 Å². The number of halogens is 1. The van der Waals surface area contributed by atoms with Gasteiger partial charge in [-0.3, -0.25) is 0 Å². The molecule has 0 heterocycles. The van der Waals surface area contributed by atoms with Crippen LogP contribution in [-0.4, -0.2) is 18.5 Å². The molecule has 0 spiro atoms. The summed E-state index contributed by atoms with van der Waals surface area (Å²) >= 11 is 3.41. The molecule has 2 nitrogen and oxygen atoms in total. The van der Waals surface area contributed by atoms with Crippen LogP contribution in [0.2, 0.25) is 0 Å². The number of hydrogen-bond acceptors (Lipinski definition) is 2. The van der Waals surface area contributed by atoms with Crippen LogP contribution in [0.4, 0.5) is 0 Å². The van der Waals surface area contributed by atoms with E-state index in [1.807, 2.05) is 31.2 Å². The molecule has 0 aromatic heterocycles. The van der Waals surface area contributed by atoms with Gasteiger partial charge in [0.05, 0.1) is 13.2 Å². The molecule has 0 atom stereocenters. The van der Waals surface area contributed by atoms with E-state index < -0.39 is 0 Å². The predicted octanol–water partition coefficient (Wildman–Crippen LogP) is 4.03. The Balaban J connectivity index is 2.21. The summed E-state index contributed by atoms with van der Waals surface area (Å²) < 4.78 is 11.0. The number of unbranched alkanes of at least 4 members (excludes halogenated alkanes) is 2. The van der Waals surface area contributed by atoms with E-state index in [0.29, 0.717) is 6.61 Å². The first-order valence-corrected chi connectivity index (χ1v) is 6.90. The second-order valence-corrected chi connectivity index (χ2v) is 4.30. The lowest BCUT2D eigenvalue weighted by Gasteiger charge is -2.07. The second kappa shape index (κ2) is 8.45. The first kappa shape index (κ1) is 13.4. The van der Waals surface area contributed by atoms with Crippen molar-refractivity contribution < 1.29 is 9.47 Å². The fraction of sp³-hybridized carbons (Fsp3) is 0.538. The molecule has 0 saturated carbocycles. The Labute approximate surface area is 106 Å². The molecule has 90 valence electrons. The molecule has 0 radical (unpaired) electrons. The minimum absolute atomic E-state index is 0.701. The predicted molar refractivity (Wildman–Crippen MR) is 70.8 cm³/mol. The van der Waals surface area contributed by atoms with Crippen LogP contribution in [0.15, 0.2) is 24.3 Å². The van der Waals surface area contributed by atoms with Gasteiger partial charge in [0, 0.05) is 5.33 Å². The first-order chi connectivity index (χ1) is 7.86. The van der Waals surface area contributed by atoms with Crippen molar-refractivity contribution in [1.29, 1.82) is 0 Å². The molecule has 0 saturated heterocycles. The van der Waals surface area contributed by atoms with Gasteiger partial charge < -0.3 is 9.47 Å². The summed E-state index contributed by atoms with van der Waals surface area (Å²) in [7, 11) is 0. The van der Waals surface area contributed by atoms with Crippen LogP contribution >= 0.6 is 15.9 Å². The summed E-state index contributed by atoms with van der Waals surface area (Å²) in [5, 5.41) is 1.08. The van der Waals surface area contributed by atoms with Crippen LogP contribution in [0.25, 0.3) is 0 Å². The topological polar surface area (TPSA) is 18.5 Å². The number of alkyl halides is 1. The lowest BCUT2D eigenvalue weighted by atomic mass is 10.3. The minimum Gasteiger partial charge on any atom is -0.494 e. The van der Waals surface area contributed by atoms with Crippen molar-refractivity contribution in [1.82, 2.24) is 0 Å². The maximum atomic E-state index is 5.61. The van der Waals surface area contributed by atoms with Gasteiger partial charge in [0.1, 0.15) is 11.5 Å². The molecule has 0 bridgehead atoms. The Morgan fingerprint density at radius 2 is 1.56 bits per heavy atom. The van der Waals surface area contributed by atoms with Crippen LogP contribution < -0.4 is 9.47 Å². The van der Waals surface area contributed by atoms with Gasteiger partial charge in [-0.25, -0.2) is 0 Å². The summed E-state index contributed by atoms with van der Waals surface area (Å²) in [5.41, 5.74) is 0. The largest absolute Gasteiger partial charge is 0.494 e. The van der Waals surface area contributed by atoms with Gasteiger partial charge in [0.2, 0.25) is 0 Å². The van der Waals surface area contributed by atoms with Crippen LogP contribution in [0.1, 0.15) is 26.2 Å². The molecular weight excluding hydrogens is 268 g/mol. The molecule has 0 N–H and O–H groups in total. The molecule has 0 aliphatic carbocycles. The lowest BCUT2D eigenvalue weighted by molar-refractivity contribution is 0.304. The van der Waals surface area contributed by atoms with Gasteiger partial charge in [-0.2, -0.15) is 0 Å². The Kier molecular flexibility index (Phi) is 7.06. The smallest absolute Gasteiger partial charge is 0.119 e. The van der Waals surface area contributed by atoms with Crippen LogP contribution in [-0.2, 0) is 0 Å². The van der Waals surface area contributed by atoms with E-state index in [4.69, 9.17) is 9.47 Å². The van der Waals surface area contributed by atoms with Crippen molar-refractivity contribution >= 4 is 15.9 Å². The zero-order valence-electron chi connectivity index (χ0n) is 9.75. The molecule has 1 rings (SSSR count). The quantitative estimate of drug-likeness (QED) is 0.531. The molecule has 1 aromatic carbocycles.